The highest BCUT2D eigenvalue weighted by Gasteiger charge is 2.35. The van der Waals surface area contributed by atoms with E-state index in [1.807, 2.05) is 18.2 Å². The van der Waals surface area contributed by atoms with Crippen LogP contribution >= 0.6 is 11.8 Å². The molecule has 1 aliphatic heterocycles. The summed E-state index contributed by atoms with van der Waals surface area (Å²) in [5.41, 5.74) is 3.84. The van der Waals surface area contributed by atoms with E-state index in [4.69, 9.17) is 4.74 Å². The first kappa shape index (κ1) is 24.5. The molecule has 32 heavy (non-hydrogen) atoms. The summed E-state index contributed by atoms with van der Waals surface area (Å²) in [7, 11) is -3.56. The number of amides is 1. The summed E-state index contributed by atoms with van der Waals surface area (Å²) < 4.78 is 32.1. The van der Waals surface area contributed by atoms with Gasteiger partial charge in [-0.2, -0.15) is 11.8 Å². The number of benzene rings is 2. The number of anilines is 1. The number of ether oxygens (including phenoxy) is 1. The summed E-state index contributed by atoms with van der Waals surface area (Å²) in [6.07, 6.45) is 0.266. The molecule has 0 saturated carbocycles. The Hall–Kier alpha value is -2.19. The summed E-state index contributed by atoms with van der Waals surface area (Å²) in [6, 6.07) is 13.9. The average molecular weight is 477 g/mol. The molecular weight excluding hydrogens is 444 g/mol. The van der Waals surface area contributed by atoms with Gasteiger partial charge in [0.2, 0.25) is 10.0 Å². The van der Waals surface area contributed by atoms with E-state index in [1.165, 1.54) is 15.4 Å². The minimum Gasteiger partial charge on any atom is -0.476 e. The highest BCUT2D eigenvalue weighted by Crippen LogP contribution is 2.38. The van der Waals surface area contributed by atoms with Crippen molar-refractivity contribution in [2.45, 2.75) is 45.0 Å². The monoisotopic (exact) mass is 476 g/mol. The number of fused-ring (bicyclic) bond motifs is 1. The van der Waals surface area contributed by atoms with Crippen molar-refractivity contribution < 1.29 is 17.9 Å². The third-order valence-corrected chi connectivity index (χ3v) is 7.46. The molecule has 1 atom stereocenters. The Kier molecular flexibility index (Phi) is 7.45. The predicted octanol–water partition coefficient (Wildman–Crippen LogP) is 3.87. The molecule has 2 aromatic rings. The zero-order chi connectivity index (χ0) is 23.5. The Morgan fingerprint density at radius 1 is 1.22 bits per heavy atom. The predicted molar refractivity (Wildman–Crippen MR) is 132 cm³/mol. The van der Waals surface area contributed by atoms with Crippen molar-refractivity contribution in [3.63, 3.8) is 0 Å². The van der Waals surface area contributed by atoms with Crippen LogP contribution < -0.4 is 14.4 Å². The number of sulfonamides is 1. The molecule has 0 spiro atoms. The Balaban J connectivity index is 1.61. The van der Waals surface area contributed by atoms with Gasteiger partial charge in [0.25, 0.3) is 5.91 Å². The van der Waals surface area contributed by atoms with Crippen LogP contribution in [0.2, 0.25) is 0 Å². The molecule has 1 N–H and O–H groups in total. The lowest BCUT2D eigenvalue weighted by Crippen LogP contribution is -2.50. The second-order valence-corrected chi connectivity index (χ2v) is 12.2. The maximum Gasteiger partial charge on any atom is 0.263 e. The number of rotatable bonds is 7. The highest BCUT2D eigenvalue weighted by molar-refractivity contribution is 7.98. The third-order valence-electron chi connectivity index (χ3n) is 5.28. The van der Waals surface area contributed by atoms with Crippen molar-refractivity contribution in [2.24, 2.45) is 0 Å². The molecule has 1 unspecified atom stereocenters. The van der Waals surface area contributed by atoms with Gasteiger partial charge < -0.3 is 10.1 Å². The molecule has 1 heterocycles. The largest absolute Gasteiger partial charge is 0.476 e. The molecule has 1 aliphatic rings. The van der Waals surface area contributed by atoms with Crippen molar-refractivity contribution in [2.75, 3.05) is 29.4 Å². The van der Waals surface area contributed by atoms with Gasteiger partial charge in [0.15, 0.2) is 6.10 Å². The number of thioether (sulfide) groups is 1. The Morgan fingerprint density at radius 2 is 1.97 bits per heavy atom. The van der Waals surface area contributed by atoms with Gasteiger partial charge in [0, 0.05) is 18.1 Å². The van der Waals surface area contributed by atoms with Crippen LogP contribution in [0, 0.1) is 6.92 Å². The second-order valence-electron chi connectivity index (χ2n) is 9.17. The molecule has 0 bridgehead atoms. The Labute approximate surface area is 195 Å². The lowest BCUT2D eigenvalue weighted by Gasteiger charge is -2.35. The molecule has 6 nitrogen and oxygen atoms in total. The lowest BCUT2D eigenvalue weighted by molar-refractivity contribution is -0.127. The summed E-state index contributed by atoms with van der Waals surface area (Å²) >= 11 is 1.74. The van der Waals surface area contributed by atoms with Crippen molar-refractivity contribution in [1.82, 2.24) is 5.32 Å². The molecule has 1 amide bonds. The van der Waals surface area contributed by atoms with Gasteiger partial charge >= 0.3 is 0 Å². The van der Waals surface area contributed by atoms with Gasteiger partial charge in [-0.15, -0.1) is 0 Å². The summed E-state index contributed by atoms with van der Waals surface area (Å²) in [6.45, 7) is 8.72. The number of carbonyl (C=O) groups is 1. The number of nitrogens with zero attached hydrogens (tertiary/aromatic N) is 1. The zero-order valence-electron chi connectivity index (χ0n) is 19.3. The fraction of sp³-hybridized carbons (Fsp3) is 0.458. The quantitative estimate of drug-likeness (QED) is 0.614. The molecule has 0 aromatic heterocycles. The first-order chi connectivity index (χ1) is 14.9. The van der Waals surface area contributed by atoms with Gasteiger partial charge in [0.05, 0.1) is 18.5 Å². The van der Waals surface area contributed by atoms with Crippen LogP contribution in [0.15, 0.2) is 42.5 Å². The lowest BCUT2D eigenvalue weighted by atomic mass is 9.86. The molecule has 0 fully saturated rings. The first-order valence-electron chi connectivity index (χ1n) is 10.6. The Bertz CT molecular complexity index is 1080. The smallest absolute Gasteiger partial charge is 0.263 e. The molecular formula is C24H32N2O4S2. The van der Waals surface area contributed by atoms with Gasteiger partial charge in [-0.3, -0.25) is 9.10 Å². The minimum atomic E-state index is -3.56. The van der Waals surface area contributed by atoms with Crippen molar-refractivity contribution in [3.05, 3.63) is 59.2 Å². The maximum atomic E-state index is 12.7. The van der Waals surface area contributed by atoms with Crippen LogP contribution in [0.25, 0.3) is 0 Å². The number of aryl methyl sites for hydroxylation is 1. The molecule has 174 valence electrons. The standard InChI is InChI=1S/C24H32N2O4S2/c1-17-7-6-8-18(13-17)16-31-12-11-25-23(27)22-15-26(32(5,28)29)20-14-19(24(2,3)4)9-10-21(20)30-22/h6-10,13-14,22H,11-12,15-16H2,1-5H3,(H,25,27). The topological polar surface area (TPSA) is 75.7 Å². The number of carbonyl (C=O) groups excluding carboxylic acids is 1. The molecule has 0 radical (unpaired) electrons. The van der Waals surface area contributed by atoms with Crippen molar-refractivity contribution >= 4 is 33.4 Å². The molecule has 3 rings (SSSR count). The summed E-state index contributed by atoms with van der Waals surface area (Å²) in [5.74, 6) is 1.74. The second kappa shape index (κ2) is 9.75. The summed E-state index contributed by atoms with van der Waals surface area (Å²) in [4.78, 5) is 12.7. The molecule has 2 aromatic carbocycles. The van der Waals surface area contributed by atoms with Crippen LogP contribution in [0.3, 0.4) is 0 Å². The van der Waals surface area contributed by atoms with Gasteiger partial charge in [0.1, 0.15) is 5.75 Å². The zero-order valence-corrected chi connectivity index (χ0v) is 21.0. The Morgan fingerprint density at radius 3 is 2.62 bits per heavy atom. The molecule has 0 aliphatic carbocycles. The van der Waals surface area contributed by atoms with Crippen molar-refractivity contribution in [1.29, 1.82) is 0 Å². The normalized spacial score (nSPS) is 16.3. The third kappa shape index (κ3) is 6.19. The van der Waals surface area contributed by atoms with Crippen LogP contribution in [0.5, 0.6) is 5.75 Å². The van der Waals surface area contributed by atoms with E-state index in [0.717, 1.165) is 23.3 Å². The minimum absolute atomic E-state index is 0.0400. The first-order valence-corrected chi connectivity index (χ1v) is 13.7. The van der Waals surface area contributed by atoms with Gasteiger partial charge in [-0.1, -0.05) is 56.7 Å². The van der Waals surface area contributed by atoms with Crippen LogP contribution in [-0.2, 0) is 26.0 Å². The van der Waals surface area contributed by atoms with E-state index in [1.54, 1.807) is 17.8 Å². The fourth-order valence-electron chi connectivity index (χ4n) is 3.52. The van der Waals surface area contributed by atoms with E-state index >= 15 is 0 Å². The number of hydrogen-bond acceptors (Lipinski definition) is 5. The number of nitrogens with one attached hydrogen (secondary N) is 1. The highest BCUT2D eigenvalue weighted by atomic mass is 32.2. The number of hydrogen-bond donors (Lipinski definition) is 1. The van der Waals surface area contributed by atoms with Crippen molar-refractivity contribution in [3.8, 4) is 5.75 Å². The SMILES string of the molecule is Cc1cccc(CSCCNC(=O)C2CN(S(C)(=O)=O)c3cc(C(C)(C)C)ccc3O2)c1. The molecule has 0 saturated heterocycles. The van der Waals surface area contributed by atoms with Gasteiger partial charge in [-0.05, 0) is 35.6 Å². The van der Waals surface area contributed by atoms with E-state index in [9.17, 15) is 13.2 Å². The van der Waals surface area contributed by atoms with Crippen LogP contribution in [0.1, 0.15) is 37.5 Å². The van der Waals surface area contributed by atoms with E-state index in [0.29, 0.717) is 18.0 Å². The van der Waals surface area contributed by atoms with E-state index < -0.39 is 16.1 Å². The molecule has 8 heteroatoms. The van der Waals surface area contributed by atoms with Gasteiger partial charge in [-0.25, -0.2) is 8.42 Å². The van der Waals surface area contributed by atoms with Crippen LogP contribution in [0.4, 0.5) is 5.69 Å². The van der Waals surface area contributed by atoms with Crippen LogP contribution in [-0.4, -0.2) is 45.5 Å². The van der Waals surface area contributed by atoms with E-state index in [2.05, 4.69) is 51.2 Å². The fourth-order valence-corrected chi connectivity index (χ4v) is 5.23. The maximum absolute atomic E-state index is 12.7. The van der Waals surface area contributed by atoms with E-state index in [-0.39, 0.29) is 17.9 Å². The summed E-state index contributed by atoms with van der Waals surface area (Å²) in [5, 5.41) is 2.88. The average Bonchev–Trinajstić information content (AvgIpc) is 2.70.